The number of hydrogen-bond donors (Lipinski definition) is 0. The Bertz CT molecular complexity index is 1160. The summed E-state index contributed by atoms with van der Waals surface area (Å²) in [6, 6.07) is 10.9. The van der Waals surface area contributed by atoms with Crippen LogP contribution >= 0.6 is 23.2 Å². The number of nitrogens with zero attached hydrogens (tertiary/aromatic N) is 1. The number of rotatable bonds is 4. The average Bonchev–Trinajstić information content (AvgIpc) is 2.77. The number of methoxy groups -OCH3 is 2. The molecule has 0 unspecified atom stereocenters. The lowest BCUT2D eigenvalue weighted by molar-refractivity contribution is 0.0687. The molecule has 3 aromatic carbocycles. The van der Waals surface area contributed by atoms with Gasteiger partial charge in [-0.05, 0) is 53.9 Å². The maximum atomic E-state index is 15.1. The first-order valence-electron chi connectivity index (χ1n) is 9.81. The Morgan fingerprint density at radius 3 is 2.22 bits per heavy atom. The number of hydrogen-bond acceptors (Lipinski definition) is 3. The van der Waals surface area contributed by atoms with E-state index >= 15 is 4.39 Å². The smallest absolute Gasteiger partial charge is 0.259 e. The van der Waals surface area contributed by atoms with Crippen molar-refractivity contribution in [3.05, 3.63) is 92.5 Å². The monoisotopic (exact) mass is 477 g/mol. The molecular weight excluding hydrogens is 459 g/mol. The van der Waals surface area contributed by atoms with Crippen molar-refractivity contribution in [1.29, 1.82) is 0 Å². The molecule has 0 saturated heterocycles. The first-order valence-corrected chi connectivity index (χ1v) is 10.6. The largest absolute Gasteiger partial charge is 0.493 e. The number of benzene rings is 3. The molecule has 4 nitrogen and oxygen atoms in total. The van der Waals surface area contributed by atoms with E-state index in [9.17, 15) is 9.18 Å². The number of amides is 1. The Morgan fingerprint density at radius 1 is 0.969 bits per heavy atom. The van der Waals surface area contributed by atoms with E-state index < -0.39 is 23.6 Å². The summed E-state index contributed by atoms with van der Waals surface area (Å²) < 4.78 is 40.5. The summed E-state index contributed by atoms with van der Waals surface area (Å²) in [6.07, 6.45) is 0.441. The van der Waals surface area contributed by atoms with Gasteiger partial charge >= 0.3 is 0 Å². The molecule has 0 radical (unpaired) electrons. The fourth-order valence-corrected chi connectivity index (χ4v) is 4.60. The second-order valence-corrected chi connectivity index (χ2v) is 8.10. The fraction of sp³-hybridized carbons (Fsp3) is 0.208. The molecule has 0 spiro atoms. The molecule has 0 fully saturated rings. The molecule has 1 aliphatic rings. The van der Waals surface area contributed by atoms with E-state index in [4.69, 9.17) is 32.7 Å². The van der Waals surface area contributed by atoms with Gasteiger partial charge in [0.1, 0.15) is 11.6 Å². The normalized spacial score (nSPS) is 15.3. The fourth-order valence-electron chi connectivity index (χ4n) is 4.09. The molecule has 0 bridgehead atoms. The molecule has 0 aliphatic carbocycles. The second kappa shape index (κ2) is 8.96. The summed E-state index contributed by atoms with van der Waals surface area (Å²) in [4.78, 5) is 14.9. The number of halogens is 4. The minimum absolute atomic E-state index is 0.0218. The Balaban J connectivity index is 1.95. The second-order valence-electron chi connectivity index (χ2n) is 7.29. The van der Waals surface area contributed by atoms with Crippen LogP contribution in [0.5, 0.6) is 11.5 Å². The van der Waals surface area contributed by atoms with Crippen LogP contribution in [0.4, 0.5) is 8.78 Å². The van der Waals surface area contributed by atoms with Crippen molar-refractivity contribution >= 4 is 29.1 Å². The van der Waals surface area contributed by atoms with Crippen LogP contribution in [0.1, 0.15) is 33.1 Å². The van der Waals surface area contributed by atoms with Gasteiger partial charge in [-0.15, -0.1) is 0 Å². The summed E-state index contributed by atoms with van der Waals surface area (Å²) in [5.41, 5.74) is 1.30. The molecule has 0 N–H and O–H groups in total. The van der Waals surface area contributed by atoms with Crippen LogP contribution in [0.2, 0.25) is 10.0 Å². The molecule has 1 atom stereocenters. The van der Waals surface area contributed by atoms with Crippen molar-refractivity contribution in [2.45, 2.75) is 12.5 Å². The maximum absolute atomic E-state index is 15.1. The molecule has 166 valence electrons. The van der Waals surface area contributed by atoms with E-state index in [0.29, 0.717) is 23.5 Å². The van der Waals surface area contributed by atoms with Gasteiger partial charge < -0.3 is 14.4 Å². The van der Waals surface area contributed by atoms with Crippen molar-refractivity contribution in [3.8, 4) is 11.5 Å². The van der Waals surface area contributed by atoms with Gasteiger partial charge in [0.2, 0.25) is 0 Å². The van der Waals surface area contributed by atoms with E-state index in [2.05, 4.69) is 0 Å². The van der Waals surface area contributed by atoms with Gasteiger partial charge in [0.25, 0.3) is 5.91 Å². The zero-order chi connectivity index (χ0) is 23.0. The third-order valence-electron chi connectivity index (χ3n) is 5.58. The minimum atomic E-state index is -0.921. The topological polar surface area (TPSA) is 38.8 Å². The first-order chi connectivity index (χ1) is 15.4. The summed E-state index contributed by atoms with van der Waals surface area (Å²) in [7, 11) is 3.01. The summed E-state index contributed by atoms with van der Waals surface area (Å²) in [5, 5.41) is 0.126. The summed E-state index contributed by atoms with van der Waals surface area (Å²) in [6.45, 7) is 0.196. The highest BCUT2D eigenvalue weighted by Gasteiger charge is 2.37. The molecule has 4 rings (SSSR count). The predicted molar refractivity (Wildman–Crippen MR) is 119 cm³/mol. The molecular formula is C24H19Cl2F2NO3. The minimum Gasteiger partial charge on any atom is -0.493 e. The maximum Gasteiger partial charge on any atom is 0.259 e. The lowest BCUT2D eigenvalue weighted by atomic mass is 9.86. The Labute approximate surface area is 194 Å². The number of carbonyl (C=O) groups excluding carboxylic acids is 1. The van der Waals surface area contributed by atoms with Crippen LogP contribution in [0.15, 0.2) is 48.5 Å². The average molecular weight is 478 g/mol. The summed E-state index contributed by atoms with van der Waals surface area (Å²) in [5.74, 6) is -1.05. The van der Waals surface area contributed by atoms with Gasteiger partial charge in [0, 0.05) is 17.1 Å². The van der Waals surface area contributed by atoms with E-state index in [0.717, 1.165) is 11.6 Å². The molecule has 1 amide bonds. The molecule has 8 heteroatoms. The van der Waals surface area contributed by atoms with Gasteiger partial charge in [-0.2, -0.15) is 0 Å². The lowest BCUT2D eigenvalue weighted by Gasteiger charge is -2.38. The van der Waals surface area contributed by atoms with E-state index in [1.165, 1.54) is 43.4 Å². The van der Waals surface area contributed by atoms with Crippen molar-refractivity contribution in [2.75, 3.05) is 20.8 Å². The quantitative estimate of drug-likeness (QED) is 0.457. The third-order valence-corrected chi connectivity index (χ3v) is 6.23. The van der Waals surface area contributed by atoms with Crippen LogP contribution in [0, 0.1) is 11.6 Å². The zero-order valence-corrected chi connectivity index (χ0v) is 18.8. The highest BCUT2D eigenvalue weighted by atomic mass is 35.5. The number of carbonyl (C=O) groups is 1. The Hall–Kier alpha value is -2.83. The van der Waals surface area contributed by atoms with Crippen molar-refractivity contribution in [2.24, 2.45) is 0 Å². The van der Waals surface area contributed by atoms with Crippen LogP contribution in [0.3, 0.4) is 0 Å². The SMILES string of the molecule is COc1cc2c(cc1OC)[C@H](c1c(F)cccc1Cl)N(C(=O)c1c(F)cccc1Cl)CC2. The van der Waals surface area contributed by atoms with E-state index in [1.54, 1.807) is 18.2 Å². The van der Waals surface area contributed by atoms with Crippen molar-refractivity contribution in [3.63, 3.8) is 0 Å². The predicted octanol–water partition coefficient (Wildman–Crippen LogP) is 6.08. The van der Waals surface area contributed by atoms with Gasteiger partial charge in [-0.1, -0.05) is 35.3 Å². The Morgan fingerprint density at radius 2 is 1.59 bits per heavy atom. The van der Waals surface area contributed by atoms with Crippen LogP contribution < -0.4 is 9.47 Å². The van der Waals surface area contributed by atoms with Crippen LogP contribution in [-0.2, 0) is 6.42 Å². The van der Waals surface area contributed by atoms with Crippen molar-refractivity contribution in [1.82, 2.24) is 4.90 Å². The molecule has 0 aromatic heterocycles. The molecule has 1 aliphatic heterocycles. The van der Waals surface area contributed by atoms with Gasteiger partial charge in [0.15, 0.2) is 11.5 Å². The van der Waals surface area contributed by atoms with Gasteiger partial charge in [-0.3, -0.25) is 4.79 Å². The first kappa shape index (κ1) is 22.4. The van der Waals surface area contributed by atoms with Gasteiger partial charge in [0.05, 0.1) is 30.8 Å². The molecule has 3 aromatic rings. The van der Waals surface area contributed by atoms with Crippen LogP contribution in [-0.4, -0.2) is 31.6 Å². The Kier molecular flexibility index (Phi) is 6.26. The number of fused-ring (bicyclic) bond motifs is 1. The van der Waals surface area contributed by atoms with Gasteiger partial charge in [-0.25, -0.2) is 8.78 Å². The van der Waals surface area contributed by atoms with Crippen LogP contribution in [0.25, 0.3) is 0 Å². The standard InChI is InChI=1S/C24H19Cl2F2NO3/c1-31-19-11-13-9-10-29(24(30)22-16(26)6-4-8-18(22)28)23(14(13)12-20(19)32-2)21-15(25)5-3-7-17(21)27/h3-8,11-12,23H,9-10H2,1-2H3/t23-/m1/s1. The molecule has 1 heterocycles. The highest BCUT2D eigenvalue weighted by molar-refractivity contribution is 6.34. The van der Waals surface area contributed by atoms with E-state index in [1.807, 2.05) is 0 Å². The molecule has 0 saturated carbocycles. The lowest BCUT2D eigenvalue weighted by Crippen LogP contribution is -2.41. The summed E-state index contributed by atoms with van der Waals surface area (Å²) >= 11 is 12.6. The van der Waals surface area contributed by atoms with E-state index in [-0.39, 0.29) is 27.7 Å². The number of ether oxygens (including phenoxy) is 2. The third kappa shape index (κ3) is 3.78. The zero-order valence-electron chi connectivity index (χ0n) is 17.3. The van der Waals surface area contributed by atoms with Crippen molar-refractivity contribution < 1.29 is 23.0 Å². The highest BCUT2D eigenvalue weighted by Crippen LogP contribution is 2.44. The molecule has 32 heavy (non-hydrogen) atoms.